The zero-order valence-corrected chi connectivity index (χ0v) is 19.0. The summed E-state index contributed by atoms with van der Waals surface area (Å²) in [6.45, 7) is 2.15. The SMILES string of the molecule is CCCCCCCCCCCCCCCCCC(F)(F)C(F)(F)C(F)(F)C(F)(F)C(F)(F)F. The largest absolute Gasteiger partial charge is 0.460 e. The lowest BCUT2D eigenvalue weighted by Crippen LogP contribution is -2.66. The molecule has 0 radical (unpaired) electrons. The number of hydrogen-bond acceptors (Lipinski definition) is 0. The first kappa shape index (κ1) is 32.2. The number of halogens is 11. The van der Waals surface area contributed by atoms with Gasteiger partial charge in [-0.05, 0) is 6.42 Å². The molecule has 0 unspecified atom stereocenters. The topological polar surface area (TPSA) is 0 Å². The molecule has 0 saturated heterocycles. The molecule has 0 aliphatic carbocycles. The second-order valence-electron chi connectivity index (χ2n) is 8.63. The molecule has 0 N–H and O–H groups in total. The first-order valence-corrected chi connectivity index (χ1v) is 11.6. The molecule has 200 valence electrons. The van der Waals surface area contributed by atoms with Crippen molar-refractivity contribution in [3.05, 3.63) is 0 Å². The normalized spacial score (nSPS) is 14.2. The van der Waals surface area contributed by atoms with E-state index in [0.717, 1.165) is 32.1 Å². The Morgan fingerprint density at radius 3 is 0.970 bits per heavy atom. The van der Waals surface area contributed by atoms with Crippen LogP contribution < -0.4 is 0 Å². The fraction of sp³-hybridized carbons (Fsp3) is 1.00. The van der Waals surface area contributed by atoms with E-state index in [-0.39, 0.29) is 6.42 Å². The summed E-state index contributed by atoms with van der Waals surface area (Å²) in [6.07, 6.45) is 3.39. The number of alkyl halides is 11. The van der Waals surface area contributed by atoms with Crippen LogP contribution in [0.4, 0.5) is 48.3 Å². The maximum Gasteiger partial charge on any atom is 0.460 e. The Morgan fingerprint density at radius 1 is 0.364 bits per heavy atom. The van der Waals surface area contributed by atoms with Crippen molar-refractivity contribution in [1.29, 1.82) is 0 Å². The number of rotatable bonds is 19. The molecule has 0 rings (SSSR count). The summed E-state index contributed by atoms with van der Waals surface area (Å²) < 4.78 is 142. The highest BCUT2D eigenvalue weighted by Crippen LogP contribution is 2.58. The van der Waals surface area contributed by atoms with Gasteiger partial charge in [0.05, 0.1) is 0 Å². The van der Waals surface area contributed by atoms with E-state index in [9.17, 15) is 48.3 Å². The number of hydrogen-bond donors (Lipinski definition) is 0. The Labute approximate surface area is 188 Å². The van der Waals surface area contributed by atoms with Gasteiger partial charge >= 0.3 is 29.9 Å². The molecule has 0 atom stereocenters. The van der Waals surface area contributed by atoms with Crippen molar-refractivity contribution in [1.82, 2.24) is 0 Å². The maximum absolute atomic E-state index is 13.5. The van der Waals surface area contributed by atoms with Crippen molar-refractivity contribution in [2.45, 2.75) is 140 Å². The molecule has 0 amide bonds. The van der Waals surface area contributed by atoms with Gasteiger partial charge in [0.1, 0.15) is 0 Å². The summed E-state index contributed by atoms with van der Waals surface area (Å²) in [5.41, 5.74) is 0. The highest BCUT2D eigenvalue weighted by molar-refractivity contribution is 5.06. The van der Waals surface area contributed by atoms with Crippen LogP contribution in [-0.4, -0.2) is 29.9 Å². The summed E-state index contributed by atoms with van der Waals surface area (Å²) in [4.78, 5) is 0. The number of unbranched alkanes of at least 4 members (excludes halogenated alkanes) is 14. The van der Waals surface area contributed by atoms with E-state index in [0.29, 0.717) is 12.8 Å². The predicted molar refractivity (Wildman–Crippen MR) is 105 cm³/mol. The molecule has 11 heteroatoms. The van der Waals surface area contributed by atoms with Crippen LogP contribution in [0, 0.1) is 0 Å². The summed E-state index contributed by atoms with van der Waals surface area (Å²) in [5.74, 6) is -27.2. The van der Waals surface area contributed by atoms with Crippen molar-refractivity contribution >= 4 is 0 Å². The van der Waals surface area contributed by atoms with Gasteiger partial charge in [0.15, 0.2) is 0 Å². The first-order valence-electron chi connectivity index (χ1n) is 11.6. The minimum atomic E-state index is -7.30. The third kappa shape index (κ3) is 9.42. The van der Waals surface area contributed by atoms with Crippen LogP contribution in [-0.2, 0) is 0 Å². The molecule has 0 heterocycles. The van der Waals surface area contributed by atoms with Gasteiger partial charge in [-0.25, -0.2) is 0 Å². The molecule has 0 fully saturated rings. The van der Waals surface area contributed by atoms with E-state index >= 15 is 0 Å². The fourth-order valence-electron chi connectivity index (χ4n) is 3.48. The van der Waals surface area contributed by atoms with E-state index < -0.39 is 42.7 Å². The van der Waals surface area contributed by atoms with Crippen molar-refractivity contribution < 1.29 is 48.3 Å². The second-order valence-corrected chi connectivity index (χ2v) is 8.63. The lowest BCUT2D eigenvalue weighted by Gasteiger charge is -2.37. The smallest absolute Gasteiger partial charge is 0.200 e. The van der Waals surface area contributed by atoms with Crippen LogP contribution >= 0.6 is 0 Å². The van der Waals surface area contributed by atoms with Gasteiger partial charge in [-0.2, -0.15) is 48.3 Å². The molecular formula is C22H35F11. The summed E-state index contributed by atoms with van der Waals surface area (Å²) >= 11 is 0. The van der Waals surface area contributed by atoms with Crippen molar-refractivity contribution in [2.75, 3.05) is 0 Å². The zero-order valence-electron chi connectivity index (χ0n) is 19.0. The van der Waals surface area contributed by atoms with Gasteiger partial charge in [0.25, 0.3) is 0 Å². The standard InChI is InChI=1S/C22H35F11/c1-2-3-4-5-6-7-8-9-10-11-12-13-14-15-16-17-18(23,24)19(25,26)20(27,28)21(29,30)22(31,32)33/h2-17H2,1H3. The molecule has 0 aromatic carbocycles. The Morgan fingerprint density at radius 2 is 0.667 bits per heavy atom. The minimum Gasteiger partial charge on any atom is -0.200 e. The molecule has 0 aliphatic heterocycles. The van der Waals surface area contributed by atoms with Crippen LogP contribution in [0.5, 0.6) is 0 Å². The third-order valence-corrected chi connectivity index (χ3v) is 5.70. The maximum atomic E-state index is 13.5. The first-order chi connectivity index (χ1) is 15.1. The minimum absolute atomic E-state index is 0.0509. The molecule has 0 aliphatic rings. The van der Waals surface area contributed by atoms with Crippen molar-refractivity contribution in [2.24, 2.45) is 0 Å². The highest BCUT2D eigenvalue weighted by Gasteiger charge is 2.86. The van der Waals surface area contributed by atoms with E-state index in [1.54, 1.807) is 0 Å². The van der Waals surface area contributed by atoms with Crippen molar-refractivity contribution in [3.8, 4) is 0 Å². The van der Waals surface area contributed by atoms with Gasteiger partial charge in [-0.1, -0.05) is 96.8 Å². The molecule has 0 bridgehead atoms. The monoisotopic (exact) mass is 508 g/mol. The second kappa shape index (κ2) is 14.0. The lowest BCUT2D eigenvalue weighted by molar-refractivity contribution is -0.422. The van der Waals surface area contributed by atoms with Gasteiger partial charge in [-0.15, -0.1) is 0 Å². The average Bonchev–Trinajstić information content (AvgIpc) is 2.69. The summed E-state index contributed by atoms with van der Waals surface area (Å²) in [6, 6.07) is 0. The van der Waals surface area contributed by atoms with Crippen molar-refractivity contribution in [3.63, 3.8) is 0 Å². The lowest BCUT2D eigenvalue weighted by atomic mass is 9.94. The summed E-state index contributed by atoms with van der Waals surface area (Å²) in [7, 11) is 0. The van der Waals surface area contributed by atoms with Crippen LogP contribution in [0.1, 0.15) is 110 Å². The van der Waals surface area contributed by atoms with E-state index in [1.165, 1.54) is 38.5 Å². The third-order valence-electron chi connectivity index (χ3n) is 5.70. The average molecular weight is 508 g/mol. The Balaban J connectivity index is 4.15. The van der Waals surface area contributed by atoms with E-state index in [4.69, 9.17) is 0 Å². The summed E-state index contributed by atoms with van der Waals surface area (Å²) in [5, 5.41) is 0. The fourth-order valence-corrected chi connectivity index (χ4v) is 3.48. The van der Waals surface area contributed by atoms with Crippen LogP contribution in [0.25, 0.3) is 0 Å². The Bertz CT molecular complexity index is 513. The predicted octanol–water partition coefficient (Wildman–Crippen LogP) is 10.4. The highest BCUT2D eigenvalue weighted by atomic mass is 19.4. The molecule has 33 heavy (non-hydrogen) atoms. The van der Waals surface area contributed by atoms with E-state index in [2.05, 4.69) is 6.92 Å². The molecule has 0 aromatic rings. The molecule has 0 spiro atoms. The molecule has 0 aromatic heterocycles. The Kier molecular flexibility index (Phi) is 13.6. The van der Waals surface area contributed by atoms with E-state index in [1.807, 2.05) is 0 Å². The molecular weight excluding hydrogens is 473 g/mol. The zero-order chi connectivity index (χ0) is 25.8. The van der Waals surface area contributed by atoms with Gasteiger partial charge in [0.2, 0.25) is 0 Å². The quantitative estimate of drug-likeness (QED) is 0.120. The molecule has 0 saturated carbocycles. The Hall–Kier alpha value is -0.770. The molecule has 0 nitrogen and oxygen atoms in total. The van der Waals surface area contributed by atoms with Gasteiger partial charge in [0, 0.05) is 6.42 Å². The van der Waals surface area contributed by atoms with Gasteiger partial charge < -0.3 is 0 Å². The van der Waals surface area contributed by atoms with Crippen LogP contribution in [0.2, 0.25) is 0 Å². The van der Waals surface area contributed by atoms with Gasteiger partial charge in [-0.3, -0.25) is 0 Å². The van der Waals surface area contributed by atoms with Crippen LogP contribution in [0.3, 0.4) is 0 Å². The van der Waals surface area contributed by atoms with Crippen LogP contribution in [0.15, 0.2) is 0 Å².